The molecule has 0 saturated heterocycles. The molecular formula is C18H27FN6O3S. The molecule has 1 amide bonds. The fraction of sp³-hybridized carbons (Fsp3) is 0.611. The van der Waals surface area contributed by atoms with Crippen LogP contribution in [0, 0.1) is 5.82 Å². The number of fused-ring (bicyclic) bond motifs is 1. The highest BCUT2D eigenvalue weighted by Crippen LogP contribution is 2.35. The van der Waals surface area contributed by atoms with Gasteiger partial charge in [0.2, 0.25) is 5.96 Å². The summed E-state index contributed by atoms with van der Waals surface area (Å²) in [5.41, 5.74) is 3.65. The number of ether oxygens (including phenoxy) is 1. The Hall–Kier alpha value is -2.43. The molecule has 1 aromatic heterocycles. The van der Waals surface area contributed by atoms with E-state index in [1.54, 1.807) is 27.7 Å². The molecule has 0 aliphatic carbocycles. The van der Waals surface area contributed by atoms with Crippen LogP contribution in [0.1, 0.15) is 46.2 Å². The molecule has 0 fully saturated rings. The SMILES string of the molecule is CC(C)(C)OC(=O)NC1=N[C@](C)(c2nc(N)ccc2F)C[S@@]2(=O)=NCCCCN12. The summed E-state index contributed by atoms with van der Waals surface area (Å²) in [6.07, 6.45) is 0.749. The van der Waals surface area contributed by atoms with Crippen LogP contribution in [0.2, 0.25) is 0 Å². The zero-order valence-corrected chi connectivity index (χ0v) is 17.9. The largest absolute Gasteiger partial charge is 0.444 e. The van der Waals surface area contributed by atoms with Crippen LogP contribution in [0.15, 0.2) is 21.5 Å². The number of carbonyl (C=O) groups excluding carboxylic acids is 1. The van der Waals surface area contributed by atoms with Gasteiger partial charge in [-0.05, 0) is 52.7 Å². The maximum absolute atomic E-state index is 14.6. The van der Waals surface area contributed by atoms with E-state index in [-0.39, 0.29) is 23.2 Å². The quantitative estimate of drug-likeness (QED) is 0.714. The van der Waals surface area contributed by atoms with Crippen LogP contribution < -0.4 is 11.1 Å². The number of anilines is 1. The summed E-state index contributed by atoms with van der Waals surface area (Å²) < 4.78 is 39.6. The summed E-state index contributed by atoms with van der Waals surface area (Å²) in [6, 6.07) is 2.54. The number of alkyl carbamates (subject to hydrolysis) is 1. The lowest BCUT2D eigenvalue weighted by Crippen LogP contribution is -2.55. The van der Waals surface area contributed by atoms with E-state index in [2.05, 4.69) is 19.7 Å². The predicted molar refractivity (Wildman–Crippen MR) is 109 cm³/mol. The second-order valence-electron chi connectivity index (χ2n) is 8.32. The number of amides is 1. The molecule has 11 heteroatoms. The number of pyridine rings is 1. The van der Waals surface area contributed by atoms with Gasteiger partial charge in [-0.25, -0.2) is 27.7 Å². The van der Waals surface area contributed by atoms with Crippen molar-refractivity contribution in [1.29, 1.82) is 0 Å². The van der Waals surface area contributed by atoms with Gasteiger partial charge in [0.25, 0.3) is 0 Å². The maximum atomic E-state index is 14.6. The van der Waals surface area contributed by atoms with Gasteiger partial charge < -0.3 is 10.5 Å². The van der Waals surface area contributed by atoms with Crippen LogP contribution in [0.4, 0.5) is 15.0 Å². The number of carbonyl (C=O) groups is 1. The van der Waals surface area contributed by atoms with E-state index in [0.717, 1.165) is 12.8 Å². The molecule has 2 atom stereocenters. The van der Waals surface area contributed by atoms with E-state index < -0.39 is 33.0 Å². The first-order chi connectivity index (χ1) is 13.4. The minimum atomic E-state index is -2.98. The number of aromatic nitrogens is 1. The number of nitrogen functional groups attached to an aromatic ring is 1. The van der Waals surface area contributed by atoms with Crippen molar-refractivity contribution in [3.63, 3.8) is 0 Å². The number of nitrogens with one attached hydrogen (secondary N) is 1. The average Bonchev–Trinajstić information content (AvgIpc) is 2.76. The Kier molecular flexibility index (Phi) is 5.46. The van der Waals surface area contributed by atoms with Gasteiger partial charge >= 0.3 is 6.09 Å². The van der Waals surface area contributed by atoms with E-state index >= 15 is 0 Å². The number of hydrogen-bond acceptors (Lipinski definition) is 7. The third-order valence-corrected chi connectivity index (χ3v) is 7.02. The standard InChI is InChI=1S/C18H27FN6O3S/c1-17(2,3)28-16(26)23-15-24-18(4,14-12(19)7-8-13(20)22-14)11-29(27)21-9-5-6-10-25(15)29/h7-8H,5-6,9-11H2,1-4H3,(H2,20,22)(H,23,24,26)/t18-,29+/m0/s1. The normalized spacial score (nSPS) is 27.2. The molecule has 3 N–H and O–H groups in total. The molecule has 0 aromatic carbocycles. The van der Waals surface area contributed by atoms with Gasteiger partial charge in [-0.3, -0.25) is 9.62 Å². The molecular weight excluding hydrogens is 399 g/mol. The third-order valence-electron chi connectivity index (χ3n) is 4.46. The number of aliphatic imine (C=N–C) groups is 1. The van der Waals surface area contributed by atoms with Crippen molar-refractivity contribution >= 4 is 27.8 Å². The monoisotopic (exact) mass is 426 g/mol. The predicted octanol–water partition coefficient (Wildman–Crippen LogP) is 2.39. The number of rotatable bonds is 1. The van der Waals surface area contributed by atoms with Crippen molar-refractivity contribution in [1.82, 2.24) is 14.6 Å². The molecule has 9 nitrogen and oxygen atoms in total. The smallest absolute Gasteiger partial charge is 0.414 e. The lowest BCUT2D eigenvalue weighted by atomic mass is 10.00. The van der Waals surface area contributed by atoms with E-state index in [1.807, 2.05) is 0 Å². The molecule has 0 unspecified atom stereocenters. The summed E-state index contributed by atoms with van der Waals surface area (Å²) >= 11 is 0. The minimum Gasteiger partial charge on any atom is -0.444 e. The van der Waals surface area contributed by atoms with Crippen LogP contribution in [0.3, 0.4) is 0 Å². The lowest BCUT2D eigenvalue weighted by Gasteiger charge is -2.39. The van der Waals surface area contributed by atoms with Crippen LogP contribution in [0.5, 0.6) is 0 Å². The number of hydrogen-bond donors (Lipinski definition) is 2. The zero-order chi connectivity index (χ0) is 21.4. The molecule has 0 spiro atoms. The first-order valence-corrected chi connectivity index (χ1v) is 11.1. The third kappa shape index (κ3) is 4.60. The van der Waals surface area contributed by atoms with Gasteiger partial charge in [0.1, 0.15) is 38.4 Å². The molecule has 1 aromatic rings. The molecule has 0 bridgehead atoms. The minimum absolute atomic E-state index is 0.0345. The van der Waals surface area contributed by atoms with Crippen molar-refractivity contribution in [3.8, 4) is 0 Å². The second-order valence-corrected chi connectivity index (χ2v) is 10.5. The van der Waals surface area contributed by atoms with Crippen molar-refractivity contribution < 1.29 is 18.1 Å². The van der Waals surface area contributed by atoms with E-state index in [1.165, 1.54) is 16.4 Å². The highest BCUT2D eigenvalue weighted by Gasteiger charge is 2.44. The Bertz CT molecular complexity index is 967. The van der Waals surface area contributed by atoms with E-state index in [0.29, 0.717) is 13.1 Å². The lowest BCUT2D eigenvalue weighted by molar-refractivity contribution is 0.0558. The fourth-order valence-corrected chi connectivity index (χ4v) is 5.79. The molecule has 2 aliphatic heterocycles. The highest BCUT2D eigenvalue weighted by molar-refractivity contribution is 7.92. The Morgan fingerprint density at radius 1 is 1.38 bits per heavy atom. The summed E-state index contributed by atoms with van der Waals surface area (Å²) in [4.78, 5) is 21.0. The molecule has 2 aliphatic rings. The summed E-state index contributed by atoms with van der Waals surface area (Å²) in [7, 11) is -2.98. The topological polar surface area (TPSA) is 122 Å². The Balaban J connectivity index is 2.10. The van der Waals surface area contributed by atoms with Gasteiger partial charge in [-0.15, -0.1) is 0 Å². The van der Waals surface area contributed by atoms with Gasteiger partial charge in [0.05, 0.1) is 12.3 Å². The van der Waals surface area contributed by atoms with Gasteiger partial charge in [0.15, 0.2) is 0 Å². The van der Waals surface area contributed by atoms with Crippen LogP contribution in [-0.4, -0.2) is 50.0 Å². The van der Waals surface area contributed by atoms with Crippen LogP contribution >= 0.6 is 0 Å². The fourth-order valence-electron chi connectivity index (χ4n) is 3.28. The van der Waals surface area contributed by atoms with E-state index in [9.17, 15) is 13.4 Å². The van der Waals surface area contributed by atoms with Crippen molar-refractivity contribution in [2.75, 3.05) is 24.6 Å². The summed E-state index contributed by atoms with van der Waals surface area (Å²) in [5.74, 6) is -0.526. The summed E-state index contributed by atoms with van der Waals surface area (Å²) in [5, 5.41) is 2.58. The zero-order valence-electron chi connectivity index (χ0n) is 17.1. The Morgan fingerprint density at radius 2 is 2.10 bits per heavy atom. The van der Waals surface area contributed by atoms with Gasteiger partial charge in [-0.1, -0.05) is 0 Å². The molecule has 0 saturated carbocycles. The highest BCUT2D eigenvalue weighted by atomic mass is 32.2. The average molecular weight is 427 g/mol. The Labute approximate surface area is 170 Å². The molecule has 0 radical (unpaired) electrons. The van der Waals surface area contributed by atoms with Gasteiger partial charge in [-0.2, -0.15) is 0 Å². The van der Waals surface area contributed by atoms with Crippen LogP contribution in [-0.2, 0) is 20.2 Å². The van der Waals surface area contributed by atoms with Crippen LogP contribution in [0.25, 0.3) is 0 Å². The number of guanidine groups is 1. The van der Waals surface area contributed by atoms with Crippen molar-refractivity contribution in [2.24, 2.45) is 9.36 Å². The van der Waals surface area contributed by atoms with Crippen molar-refractivity contribution in [2.45, 2.75) is 51.7 Å². The number of nitrogens with zero attached hydrogens (tertiary/aromatic N) is 4. The molecule has 3 rings (SSSR count). The van der Waals surface area contributed by atoms with E-state index in [4.69, 9.17) is 10.5 Å². The second kappa shape index (κ2) is 7.43. The molecule has 160 valence electrons. The Morgan fingerprint density at radius 3 is 2.79 bits per heavy atom. The number of halogens is 1. The molecule has 29 heavy (non-hydrogen) atoms. The van der Waals surface area contributed by atoms with Crippen molar-refractivity contribution in [3.05, 3.63) is 23.6 Å². The number of nitrogens with two attached hydrogens (primary N) is 1. The molecule has 3 heterocycles. The first kappa shape index (κ1) is 21.3. The van der Waals surface area contributed by atoms with Gasteiger partial charge in [0, 0.05) is 6.54 Å². The first-order valence-electron chi connectivity index (χ1n) is 9.43. The maximum Gasteiger partial charge on any atom is 0.414 e. The summed E-state index contributed by atoms with van der Waals surface area (Å²) in [6.45, 7) is 7.62.